The zero-order valence-corrected chi connectivity index (χ0v) is 18.6. The Hall–Kier alpha value is -2.90. The average molecular weight is 436 g/mol. The van der Waals surface area contributed by atoms with E-state index in [1.807, 2.05) is 78.4 Å². The number of carbonyl (C=O) groups excluding carboxylic acids is 1. The quantitative estimate of drug-likeness (QED) is 0.279. The summed E-state index contributed by atoms with van der Waals surface area (Å²) in [5.41, 5.74) is 3.65. The highest BCUT2D eigenvalue weighted by atomic mass is 32.2. The van der Waals surface area contributed by atoms with Crippen molar-refractivity contribution >= 4 is 28.9 Å². The Kier molecular flexibility index (Phi) is 6.01. The van der Waals surface area contributed by atoms with E-state index in [1.165, 1.54) is 11.8 Å². The summed E-state index contributed by atoms with van der Waals surface area (Å²) in [6.07, 6.45) is 0. The molecule has 0 bridgehead atoms. The zero-order valence-electron chi connectivity index (χ0n) is 17.0. The highest BCUT2D eigenvalue weighted by molar-refractivity contribution is 7.99. The number of methoxy groups -OCH3 is 1. The number of thioether (sulfide) groups is 1. The number of ether oxygens (including phenoxy) is 1. The van der Waals surface area contributed by atoms with E-state index in [0.717, 1.165) is 38.8 Å². The van der Waals surface area contributed by atoms with E-state index in [1.54, 1.807) is 18.4 Å². The van der Waals surface area contributed by atoms with Crippen LogP contribution in [0.2, 0.25) is 0 Å². The van der Waals surface area contributed by atoms with Crippen molar-refractivity contribution in [1.82, 2.24) is 14.8 Å². The first kappa shape index (κ1) is 20.4. The molecule has 0 spiro atoms. The molecular formula is C23H21N3O2S2. The Morgan fingerprint density at radius 1 is 1.10 bits per heavy atom. The summed E-state index contributed by atoms with van der Waals surface area (Å²) < 4.78 is 7.54. The molecule has 152 valence electrons. The minimum Gasteiger partial charge on any atom is -0.495 e. The lowest BCUT2D eigenvalue weighted by Gasteiger charge is -2.13. The van der Waals surface area contributed by atoms with E-state index in [4.69, 9.17) is 4.74 Å². The zero-order chi connectivity index (χ0) is 21.1. The van der Waals surface area contributed by atoms with Crippen molar-refractivity contribution in [2.75, 3.05) is 12.9 Å². The van der Waals surface area contributed by atoms with Crippen molar-refractivity contribution in [2.45, 2.75) is 19.0 Å². The molecule has 0 aliphatic carbocycles. The van der Waals surface area contributed by atoms with Gasteiger partial charge in [-0.2, -0.15) is 0 Å². The van der Waals surface area contributed by atoms with Crippen LogP contribution in [0.4, 0.5) is 0 Å². The molecule has 5 nitrogen and oxygen atoms in total. The van der Waals surface area contributed by atoms with Crippen molar-refractivity contribution in [2.24, 2.45) is 0 Å². The van der Waals surface area contributed by atoms with Crippen molar-refractivity contribution < 1.29 is 9.53 Å². The van der Waals surface area contributed by atoms with Gasteiger partial charge in [-0.1, -0.05) is 47.7 Å². The van der Waals surface area contributed by atoms with Crippen LogP contribution in [0.15, 0.2) is 65.1 Å². The number of ketones is 1. The Morgan fingerprint density at radius 3 is 2.70 bits per heavy atom. The third kappa shape index (κ3) is 4.04. The second-order valence-corrected chi connectivity index (χ2v) is 8.71. The molecule has 0 N–H and O–H groups in total. The number of Topliss-reactive ketones (excluding diaryl/α,β-unsaturated/α-hetero) is 1. The monoisotopic (exact) mass is 435 g/mol. The standard InChI is InChI=1S/C23H21N3O2S2/c1-15-10-11-16(2)17(13-15)19(27)14-30-23-25-24-22(21-9-6-12-29-21)26(23)18-7-4-5-8-20(18)28-3/h4-13H,14H2,1-3H3. The van der Waals surface area contributed by atoms with E-state index < -0.39 is 0 Å². The maximum absolute atomic E-state index is 12.9. The first-order chi connectivity index (χ1) is 14.6. The summed E-state index contributed by atoms with van der Waals surface area (Å²) in [5.74, 6) is 1.81. The van der Waals surface area contributed by atoms with Crippen LogP contribution in [-0.2, 0) is 0 Å². The van der Waals surface area contributed by atoms with Crippen LogP contribution >= 0.6 is 23.1 Å². The molecular weight excluding hydrogens is 414 g/mol. The van der Waals surface area contributed by atoms with Crippen molar-refractivity contribution in [3.63, 3.8) is 0 Å². The molecule has 4 rings (SSSR count). The average Bonchev–Trinajstić information content (AvgIpc) is 3.43. The van der Waals surface area contributed by atoms with Crippen LogP contribution in [0.3, 0.4) is 0 Å². The summed E-state index contributed by atoms with van der Waals surface area (Å²) >= 11 is 2.98. The number of rotatable bonds is 7. The summed E-state index contributed by atoms with van der Waals surface area (Å²) in [6.45, 7) is 3.96. The molecule has 0 aliphatic rings. The van der Waals surface area contributed by atoms with Gasteiger partial charge in [0.25, 0.3) is 0 Å². The molecule has 0 saturated carbocycles. The minimum absolute atomic E-state index is 0.0773. The Bertz CT molecular complexity index is 1180. The topological polar surface area (TPSA) is 57.0 Å². The van der Waals surface area contributed by atoms with Gasteiger partial charge < -0.3 is 4.74 Å². The summed E-state index contributed by atoms with van der Waals surface area (Å²) in [7, 11) is 1.64. The molecule has 2 heterocycles. The van der Waals surface area contributed by atoms with Crippen LogP contribution in [0.5, 0.6) is 5.75 Å². The number of benzene rings is 2. The number of nitrogens with zero attached hydrogens (tertiary/aromatic N) is 3. The van der Waals surface area contributed by atoms with Gasteiger partial charge in [-0.15, -0.1) is 21.5 Å². The van der Waals surface area contributed by atoms with Crippen LogP contribution in [0.25, 0.3) is 16.4 Å². The van der Waals surface area contributed by atoms with Crippen molar-refractivity contribution in [3.05, 3.63) is 76.7 Å². The minimum atomic E-state index is 0.0773. The number of hydrogen-bond donors (Lipinski definition) is 0. The third-order valence-electron chi connectivity index (χ3n) is 4.73. The number of hydrogen-bond acceptors (Lipinski definition) is 6. The smallest absolute Gasteiger partial charge is 0.196 e. The van der Waals surface area contributed by atoms with Gasteiger partial charge in [0.1, 0.15) is 5.75 Å². The molecule has 0 amide bonds. The van der Waals surface area contributed by atoms with Crippen LogP contribution in [0, 0.1) is 13.8 Å². The molecule has 0 aliphatic heterocycles. The Labute approximate surface area is 183 Å². The van der Waals surface area contributed by atoms with Crippen molar-refractivity contribution in [1.29, 1.82) is 0 Å². The second kappa shape index (κ2) is 8.85. The highest BCUT2D eigenvalue weighted by Gasteiger charge is 2.21. The molecule has 2 aromatic carbocycles. The van der Waals surface area contributed by atoms with Gasteiger partial charge in [0, 0.05) is 5.56 Å². The van der Waals surface area contributed by atoms with Gasteiger partial charge in [-0.25, -0.2) is 0 Å². The fraction of sp³-hybridized carbons (Fsp3) is 0.174. The summed E-state index contributed by atoms with van der Waals surface area (Å²) in [4.78, 5) is 13.9. The maximum Gasteiger partial charge on any atom is 0.196 e. The second-order valence-electron chi connectivity index (χ2n) is 6.82. The van der Waals surface area contributed by atoms with E-state index >= 15 is 0 Å². The summed E-state index contributed by atoms with van der Waals surface area (Å²) in [5, 5.41) is 11.5. The van der Waals surface area contributed by atoms with Gasteiger partial charge in [-0.05, 0) is 49.1 Å². The largest absolute Gasteiger partial charge is 0.495 e. The molecule has 2 aromatic heterocycles. The van der Waals surface area contributed by atoms with E-state index in [-0.39, 0.29) is 11.5 Å². The lowest BCUT2D eigenvalue weighted by Crippen LogP contribution is -2.07. The van der Waals surface area contributed by atoms with Gasteiger partial charge in [-0.3, -0.25) is 9.36 Å². The fourth-order valence-electron chi connectivity index (χ4n) is 3.20. The van der Waals surface area contributed by atoms with Gasteiger partial charge >= 0.3 is 0 Å². The number of aryl methyl sites for hydroxylation is 2. The molecule has 4 aromatic rings. The molecule has 7 heteroatoms. The Balaban J connectivity index is 1.70. The van der Waals surface area contributed by atoms with E-state index in [2.05, 4.69) is 10.2 Å². The van der Waals surface area contributed by atoms with E-state index in [9.17, 15) is 4.79 Å². The highest BCUT2D eigenvalue weighted by Crippen LogP contribution is 2.34. The molecule has 0 atom stereocenters. The first-order valence-electron chi connectivity index (χ1n) is 9.44. The molecule has 0 unspecified atom stereocenters. The number of aromatic nitrogens is 3. The van der Waals surface area contributed by atoms with Gasteiger partial charge in [0.15, 0.2) is 16.8 Å². The first-order valence-corrected chi connectivity index (χ1v) is 11.3. The van der Waals surface area contributed by atoms with Crippen LogP contribution in [0.1, 0.15) is 21.5 Å². The van der Waals surface area contributed by atoms with Gasteiger partial charge in [0.05, 0.1) is 23.4 Å². The molecule has 0 fully saturated rings. The van der Waals surface area contributed by atoms with Crippen LogP contribution < -0.4 is 4.74 Å². The van der Waals surface area contributed by atoms with E-state index in [0.29, 0.717) is 5.16 Å². The lowest BCUT2D eigenvalue weighted by molar-refractivity contribution is 0.102. The number of carbonyl (C=O) groups is 1. The normalized spacial score (nSPS) is 10.9. The SMILES string of the molecule is COc1ccccc1-n1c(SCC(=O)c2cc(C)ccc2C)nnc1-c1cccs1. The lowest BCUT2D eigenvalue weighted by atomic mass is 10.0. The molecule has 0 radical (unpaired) electrons. The van der Waals surface area contributed by atoms with Crippen molar-refractivity contribution in [3.8, 4) is 22.1 Å². The Morgan fingerprint density at radius 2 is 1.93 bits per heavy atom. The molecule has 0 saturated heterocycles. The summed E-state index contributed by atoms with van der Waals surface area (Å²) in [6, 6.07) is 17.7. The molecule has 30 heavy (non-hydrogen) atoms. The maximum atomic E-state index is 12.9. The number of thiophene rings is 1. The number of para-hydroxylation sites is 2. The predicted molar refractivity (Wildman–Crippen MR) is 122 cm³/mol. The third-order valence-corrected chi connectivity index (χ3v) is 6.52. The fourth-order valence-corrected chi connectivity index (χ4v) is 4.73. The predicted octanol–water partition coefficient (Wildman–Crippen LogP) is 5.60. The van der Waals surface area contributed by atoms with Crippen LogP contribution in [-0.4, -0.2) is 33.4 Å². The van der Waals surface area contributed by atoms with Gasteiger partial charge in [0.2, 0.25) is 0 Å².